The summed E-state index contributed by atoms with van der Waals surface area (Å²) in [5.41, 5.74) is 2.59. The lowest BCUT2D eigenvalue weighted by molar-refractivity contribution is 0.123. The molecule has 0 aliphatic carbocycles. The van der Waals surface area contributed by atoms with E-state index in [4.69, 9.17) is 4.74 Å². The Morgan fingerprint density at radius 1 is 1.10 bits per heavy atom. The maximum absolute atomic E-state index is 11.3. The van der Waals surface area contributed by atoms with Gasteiger partial charge in [0, 0.05) is 0 Å². The van der Waals surface area contributed by atoms with Gasteiger partial charge in [0.15, 0.2) is 0 Å². The zero-order chi connectivity index (χ0) is 15.3. The highest BCUT2D eigenvalue weighted by atomic mass is 32.2. The van der Waals surface area contributed by atoms with Crippen LogP contribution in [0.15, 0.2) is 53.4 Å². The highest BCUT2D eigenvalue weighted by Gasteiger charge is 2.15. The number of rotatable bonds is 6. The summed E-state index contributed by atoms with van der Waals surface area (Å²) in [4.78, 5) is -0.0450. The van der Waals surface area contributed by atoms with E-state index in [0.717, 1.165) is 11.1 Å². The molecule has 0 unspecified atom stereocenters. The second-order valence-corrected chi connectivity index (χ2v) is 6.26. The number of hydrogen-bond donors (Lipinski definition) is 1. The molecule has 0 atom stereocenters. The minimum absolute atomic E-state index is 0.0450. The normalized spacial score (nSPS) is 11.5. The summed E-state index contributed by atoms with van der Waals surface area (Å²) in [6.07, 6.45) is 0.434. The average molecular weight is 306 g/mol. The predicted molar refractivity (Wildman–Crippen MR) is 80.8 cm³/mol. The molecule has 0 spiro atoms. The fraction of sp³-hybridized carbons (Fsp3) is 0.250. The molecule has 0 aliphatic rings. The molecule has 0 saturated carbocycles. The van der Waals surface area contributed by atoms with Crippen molar-refractivity contribution >= 4 is 10.1 Å². The standard InChI is InChI=1S/C16H18O4S/c1-13-7-8-16(21(17,18)19)15(11-13)9-10-20-12-14-5-3-2-4-6-14/h2-8,11H,9-10,12H2,1H3,(H,17,18,19). The van der Waals surface area contributed by atoms with Gasteiger partial charge < -0.3 is 4.74 Å². The third kappa shape index (κ3) is 4.67. The van der Waals surface area contributed by atoms with Gasteiger partial charge in [-0.05, 0) is 30.5 Å². The van der Waals surface area contributed by atoms with Crippen LogP contribution in [-0.2, 0) is 27.9 Å². The molecule has 0 amide bonds. The molecule has 21 heavy (non-hydrogen) atoms. The van der Waals surface area contributed by atoms with Crippen LogP contribution in [-0.4, -0.2) is 19.6 Å². The number of hydrogen-bond acceptors (Lipinski definition) is 3. The minimum Gasteiger partial charge on any atom is -0.376 e. The Kier molecular flexibility index (Phi) is 5.12. The SMILES string of the molecule is Cc1ccc(S(=O)(=O)O)c(CCOCc2ccccc2)c1. The van der Waals surface area contributed by atoms with Crippen molar-refractivity contribution in [3.8, 4) is 0 Å². The molecule has 0 aliphatic heterocycles. The fourth-order valence-electron chi connectivity index (χ4n) is 2.10. The van der Waals surface area contributed by atoms with Gasteiger partial charge in [0.25, 0.3) is 10.1 Å². The lowest BCUT2D eigenvalue weighted by Gasteiger charge is -2.09. The lowest BCUT2D eigenvalue weighted by atomic mass is 10.1. The second kappa shape index (κ2) is 6.85. The number of ether oxygens (including phenoxy) is 1. The van der Waals surface area contributed by atoms with Gasteiger partial charge >= 0.3 is 0 Å². The van der Waals surface area contributed by atoms with Gasteiger partial charge in [0.1, 0.15) is 0 Å². The van der Waals surface area contributed by atoms with E-state index in [1.165, 1.54) is 6.07 Å². The van der Waals surface area contributed by atoms with Crippen molar-refractivity contribution in [3.63, 3.8) is 0 Å². The zero-order valence-electron chi connectivity index (χ0n) is 11.8. The monoisotopic (exact) mass is 306 g/mol. The fourth-order valence-corrected chi connectivity index (χ4v) is 2.83. The van der Waals surface area contributed by atoms with Crippen molar-refractivity contribution in [2.45, 2.75) is 24.8 Å². The molecule has 4 nitrogen and oxygen atoms in total. The third-order valence-corrected chi connectivity index (χ3v) is 4.08. The van der Waals surface area contributed by atoms with Crippen molar-refractivity contribution in [3.05, 3.63) is 65.2 Å². The van der Waals surface area contributed by atoms with Crippen LogP contribution in [0.4, 0.5) is 0 Å². The summed E-state index contributed by atoms with van der Waals surface area (Å²) in [5, 5.41) is 0. The molecular weight excluding hydrogens is 288 g/mol. The summed E-state index contributed by atoms with van der Waals surface area (Å²) in [6.45, 7) is 2.75. The van der Waals surface area contributed by atoms with Crippen molar-refractivity contribution < 1.29 is 17.7 Å². The number of benzene rings is 2. The average Bonchev–Trinajstić information content (AvgIpc) is 2.43. The molecule has 0 radical (unpaired) electrons. The Bertz CT molecular complexity index is 693. The maximum atomic E-state index is 11.3. The van der Waals surface area contributed by atoms with Gasteiger partial charge in [-0.3, -0.25) is 4.55 Å². The lowest BCUT2D eigenvalue weighted by Crippen LogP contribution is -2.07. The predicted octanol–water partition coefficient (Wildman–Crippen LogP) is 3.00. The Labute approximate surface area is 125 Å². The minimum atomic E-state index is -4.20. The van der Waals surface area contributed by atoms with Crippen LogP contribution in [0, 0.1) is 6.92 Å². The molecule has 1 N–H and O–H groups in total. The first kappa shape index (κ1) is 15.7. The van der Waals surface area contributed by atoms with Crippen LogP contribution in [0.1, 0.15) is 16.7 Å². The largest absolute Gasteiger partial charge is 0.376 e. The van der Waals surface area contributed by atoms with Crippen LogP contribution in [0.25, 0.3) is 0 Å². The van der Waals surface area contributed by atoms with E-state index in [1.807, 2.05) is 37.3 Å². The molecule has 2 aromatic carbocycles. The van der Waals surface area contributed by atoms with E-state index in [0.29, 0.717) is 25.2 Å². The van der Waals surface area contributed by atoms with Gasteiger partial charge in [-0.1, -0.05) is 48.0 Å². The van der Waals surface area contributed by atoms with E-state index in [-0.39, 0.29) is 4.90 Å². The van der Waals surface area contributed by atoms with Crippen LogP contribution in [0.2, 0.25) is 0 Å². The summed E-state index contributed by atoms with van der Waals surface area (Å²) >= 11 is 0. The van der Waals surface area contributed by atoms with E-state index < -0.39 is 10.1 Å². The highest BCUT2D eigenvalue weighted by Crippen LogP contribution is 2.18. The molecule has 0 heterocycles. The molecule has 0 aromatic heterocycles. The van der Waals surface area contributed by atoms with Crippen LogP contribution >= 0.6 is 0 Å². The molecule has 0 saturated heterocycles. The molecule has 2 aromatic rings. The summed E-state index contributed by atoms with van der Waals surface area (Å²) in [7, 11) is -4.20. The van der Waals surface area contributed by atoms with Gasteiger partial charge in [0.2, 0.25) is 0 Å². The Morgan fingerprint density at radius 2 is 1.81 bits per heavy atom. The van der Waals surface area contributed by atoms with Gasteiger partial charge in [-0.2, -0.15) is 8.42 Å². The van der Waals surface area contributed by atoms with Gasteiger partial charge in [-0.15, -0.1) is 0 Å². The van der Waals surface area contributed by atoms with E-state index in [9.17, 15) is 13.0 Å². The second-order valence-electron chi connectivity index (χ2n) is 4.87. The van der Waals surface area contributed by atoms with Crippen molar-refractivity contribution in [1.29, 1.82) is 0 Å². The highest BCUT2D eigenvalue weighted by molar-refractivity contribution is 7.85. The molecule has 5 heteroatoms. The van der Waals surface area contributed by atoms with Crippen LogP contribution in [0.3, 0.4) is 0 Å². The van der Waals surface area contributed by atoms with Crippen molar-refractivity contribution in [1.82, 2.24) is 0 Å². The summed E-state index contributed by atoms with van der Waals surface area (Å²) < 4.78 is 37.4. The van der Waals surface area contributed by atoms with E-state index in [1.54, 1.807) is 12.1 Å². The van der Waals surface area contributed by atoms with Crippen LogP contribution in [0.5, 0.6) is 0 Å². The summed E-state index contributed by atoms with van der Waals surface area (Å²) in [6, 6.07) is 14.6. The molecular formula is C16H18O4S. The van der Waals surface area contributed by atoms with Crippen molar-refractivity contribution in [2.24, 2.45) is 0 Å². The van der Waals surface area contributed by atoms with E-state index >= 15 is 0 Å². The Morgan fingerprint density at radius 3 is 2.48 bits per heavy atom. The van der Waals surface area contributed by atoms with Gasteiger partial charge in [0.05, 0.1) is 18.1 Å². The first-order chi connectivity index (χ1) is 9.97. The Balaban J connectivity index is 1.98. The first-order valence-electron chi connectivity index (χ1n) is 6.65. The topological polar surface area (TPSA) is 63.6 Å². The Hall–Kier alpha value is -1.69. The molecule has 112 valence electrons. The van der Waals surface area contributed by atoms with Gasteiger partial charge in [-0.25, -0.2) is 0 Å². The number of aryl methyl sites for hydroxylation is 1. The van der Waals surface area contributed by atoms with E-state index in [2.05, 4.69) is 0 Å². The third-order valence-electron chi connectivity index (χ3n) is 3.12. The molecule has 0 bridgehead atoms. The molecule has 0 fully saturated rings. The van der Waals surface area contributed by atoms with Crippen LogP contribution < -0.4 is 0 Å². The quantitative estimate of drug-likeness (QED) is 0.658. The van der Waals surface area contributed by atoms with Crippen molar-refractivity contribution in [2.75, 3.05) is 6.61 Å². The maximum Gasteiger partial charge on any atom is 0.294 e. The summed E-state index contributed by atoms with van der Waals surface area (Å²) in [5.74, 6) is 0. The smallest absolute Gasteiger partial charge is 0.294 e. The zero-order valence-corrected chi connectivity index (χ0v) is 12.6. The first-order valence-corrected chi connectivity index (χ1v) is 8.09. The molecule has 2 rings (SSSR count).